The van der Waals surface area contributed by atoms with Crippen molar-refractivity contribution in [2.75, 3.05) is 18.0 Å². The maximum absolute atomic E-state index is 12.5. The Morgan fingerprint density at radius 3 is 2.46 bits per heavy atom. The molecule has 28 heavy (non-hydrogen) atoms. The first-order valence-corrected chi connectivity index (χ1v) is 11.6. The average molecular weight is 437 g/mol. The number of rotatable bonds is 8. The van der Waals surface area contributed by atoms with Gasteiger partial charge in [-0.15, -0.1) is 22.7 Å². The zero-order valence-electron chi connectivity index (χ0n) is 15.4. The second-order valence-electron chi connectivity index (χ2n) is 5.99. The second-order valence-corrected chi connectivity index (χ2v) is 10.1. The number of anilines is 1. The number of thiophene rings is 2. The van der Waals surface area contributed by atoms with Crippen LogP contribution in [0.1, 0.15) is 10.4 Å². The third-order valence-corrected chi connectivity index (χ3v) is 8.28. The van der Waals surface area contributed by atoms with Crippen LogP contribution < -0.4 is 14.4 Å². The monoisotopic (exact) mass is 436 g/mol. The molecule has 0 aliphatic rings. The van der Waals surface area contributed by atoms with Crippen molar-refractivity contribution < 1.29 is 17.9 Å². The van der Waals surface area contributed by atoms with Crippen LogP contribution in [0, 0.1) is 6.92 Å². The Morgan fingerprint density at radius 2 is 1.86 bits per heavy atom. The van der Waals surface area contributed by atoms with Gasteiger partial charge in [0.1, 0.15) is 9.96 Å². The number of aryl methyl sites for hydroxylation is 1. The minimum absolute atomic E-state index is 0.104. The minimum atomic E-state index is -3.57. The van der Waals surface area contributed by atoms with Crippen molar-refractivity contribution in [3.63, 3.8) is 0 Å². The van der Waals surface area contributed by atoms with Crippen LogP contribution in [0.2, 0.25) is 0 Å². The predicted molar refractivity (Wildman–Crippen MR) is 113 cm³/mol. The van der Waals surface area contributed by atoms with Crippen LogP contribution in [0.3, 0.4) is 0 Å². The van der Waals surface area contributed by atoms with Gasteiger partial charge in [0.15, 0.2) is 6.61 Å². The van der Waals surface area contributed by atoms with Gasteiger partial charge >= 0.3 is 0 Å². The van der Waals surface area contributed by atoms with Gasteiger partial charge in [0.05, 0.1) is 12.2 Å². The van der Waals surface area contributed by atoms with Gasteiger partial charge < -0.3 is 10.1 Å². The van der Waals surface area contributed by atoms with Gasteiger partial charge in [-0.05, 0) is 59.6 Å². The third-order valence-electron chi connectivity index (χ3n) is 4.09. The molecule has 9 heteroatoms. The number of nitrogens with one attached hydrogen (secondary N) is 1. The summed E-state index contributed by atoms with van der Waals surface area (Å²) in [6, 6.07) is 11.9. The molecular formula is C19H20N2O4S3. The van der Waals surface area contributed by atoms with Crippen molar-refractivity contribution in [3.05, 3.63) is 63.7 Å². The largest absolute Gasteiger partial charge is 0.484 e. The Hall–Kier alpha value is -2.36. The van der Waals surface area contributed by atoms with Crippen LogP contribution in [-0.2, 0) is 21.4 Å². The number of carbonyl (C=O) groups is 1. The normalized spacial score (nSPS) is 11.2. The zero-order chi connectivity index (χ0) is 20.1. The fourth-order valence-corrected chi connectivity index (χ4v) is 5.60. The fraction of sp³-hybridized carbons (Fsp3) is 0.211. The highest BCUT2D eigenvalue weighted by molar-refractivity contribution is 7.94. The number of nitrogens with zero attached hydrogens (tertiary/aromatic N) is 1. The average Bonchev–Trinajstić information content (AvgIpc) is 3.37. The summed E-state index contributed by atoms with van der Waals surface area (Å²) >= 11 is 2.78. The fourth-order valence-electron chi connectivity index (χ4n) is 2.40. The van der Waals surface area contributed by atoms with E-state index in [2.05, 4.69) is 5.32 Å². The summed E-state index contributed by atoms with van der Waals surface area (Å²) < 4.78 is 32.1. The van der Waals surface area contributed by atoms with Gasteiger partial charge in [-0.1, -0.05) is 6.07 Å². The van der Waals surface area contributed by atoms with Gasteiger partial charge in [0, 0.05) is 11.9 Å². The molecule has 0 radical (unpaired) electrons. The molecule has 0 saturated heterocycles. The molecule has 0 aliphatic heterocycles. The van der Waals surface area contributed by atoms with Gasteiger partial charge in [-0.3, -0.25) is 9.10 Å². The predicted octanol–water partition coefficient (Wildman–Crippen LogP) is 3.64. The molecule has 0 bridgehead atoms. The molecule has 0 fully saturated rings. The lowest BCUT2D eigenvalue weighted by molar-refractivity contribution is -0.123. The zero-order valence-corrected chi connectivity index (χ0v) is 17.9. The topological polar surface area (TPSA) is 75.7 Å². The summed E-state index contributed by atoms with van der Waals surface area (Å²) in [5.41, 5.74) is 1.67. The molecule has 1 amide bonds. The Labute approximate surface area is 172 Å². The number of hydrogen-bond donors (Lipinski definition) is 1. The van der Waals surface area contributed by atoms with Crippen LogP contribution in [-0.4, -0.2) is 28.0 Å². The van der Waals surface area contributed by atoms with Crippen molar-refractivity contribution in [2.45, 2.75) is 17.7 Å². The van der Waals surface area contributed by atoms with Gasteiger partial charge in [-0.2, -0.15) is 0 Å². The maximum Gasteiger partial charge on any atom is 0.273 e. The first-order chi connectivity index (χ1) is 13.4. The molecule has 0 atom stereocenters. The summed E-state index contributed by atoms with van der Waals surface area (Å²) in [5.74, 6) is 0.280. The molecule has 0 unspecified atom stereocenters. The molecule has 0 saturated carbocycles. The summed E-state index contributed by atoms with van der Waals surface area (Å²) in [6.45, 7) is 2.38. The molecule has 1 N–H and O–H groups in total. The van der Waals surface area contributed by atoms with Crippen LogP contribution in [0.5, 0.6) is 5.75 Å². The highest BCUT2D eigenvalue weighted by atomic mass is 32.2. The Balaban J connectivity index is 1.54. The van der Waals surface area contributed by atoms with Gasteiger partial charge in [0.25, 0.3) is 15.9 Å². The number of amides is 1. The van der Waals surface area contributed by atoms with E-state index < -0.39 is 10.0 Å². The third kappa shape index (κ3) is 4.73. The van der Waals surface area contributed by atoms with E-state index in [0.29, 0.717) is 18.0 Å². The smallest absolute Gasteiger partial charge is 0.273 e. The van der Waals surface area contributed by atoms with E-state index in [9.17, 15) is 13.2 Å². The van der Waals surface area contributed by atoms with E-state index in [4.69, 9.17) is 4.74 Å². The van der Waals surface area contributed by atoms with Crippen molar-refractivity contribution in [3.8, 4) is 5.75 Å². The molecule has 0 aliphatic carbocycles. The molecule has 3 aromatic rings. The van der Waals surface area contributed by atoms with Gasteiger partial charge in [-0.25, -0.2) is 8.42 Å². The van der Waals surface area contributed by atoms with E-state index >= 15 is 0 Å². The lowest BCUT2D eigenvalue weighted by Gasteiger charge is -2.18. The SMILES string of the molecule is Cc1ccsc1CNC(=O)COc1ccc(N(C)S(=O)(=O)c2cccs2)cc1. The molecule has 0 spiro atoms. The lowest BCUT2D eigenvalue weighted by Crippen LogP contribution is -2.28. The standard InChI is InChI=1S/C19H20N2O4S3/c1-14-9-11-26-17(14)12-20-18(22)13-25-16-7-5-15(6-8-16)21(2)28(23,24)19-4-3-10-27-19/h3-11H,12-13H2,1-2H3,(H,20,22). The molecule has 6 nitrogen and oxygen atoms in total. The summed E-state index contributed by atoms with van der Waals surface area (Å²) in [4.78, 5) is 13.1. The summed E-state index contributed by atoms with van der Waals surface area (Å²) in [7, 11) is -2.07. The van der Waals surface area contributed by atoms with E-state index in [1.807, 2.05) is 18.4 Å². The molecule has 148 valence electrons. The molecule has 1 aromatic carbocycles. The van der Waals surface area contributed by atoms with E-state index in [1.165, 1.54) is 22.7 Å². The summed E-state index contributed by atoms with van der Waals surface area (Å²) in [6.07, 6.45) is 0. The summed E-state index contributed by atoms with van der Waals surface area (Å²) in [5, 5.41) is 6.54. The van der Waals surface area contributed by atoms with Crippen LogP contribution in [0.4, 0.5) is 5.69 Å². The van der Waals surface area contributed by atoms with Crippen LogP contribution in [0.15, 0.2) is 57.4 Å². The number of sulfonamides is 1. The van der Waals surface area contributed by atoms with Crippen molar-refractivity contribution in [1.82, 2.24) is 5.32 Å². The first kappa shape index (κ1) is 20.4. The van der Waals surface area contributed by atoms with E-state index in [-0.39, 0.29) is 16.7 Å². The van der Waals surface area contributed by atoms with Gasteiger partial charge in [0.2, 0.25) is 0 Å². The van der Waals surface area contributed by atoms with Crippen molar-refractivity contribution in [2.24, 2.45) is 0 Å². The van der Waals surface area contributed by atoms with Crippen LogP contribution >= 0.6 is 22.7 Å². The highest BCUT2D eigenvalue weighted by Crippen LogP contribution is 2.26. The van der Waals surface area contributed by atoms with Crippen LogP contribution in [0.25, 0.3) is 0 Å². The number of benzene rings is 1. The number of hydrogen-bond acceptors (Lipinski definition) is 6. The number of ether oxygens (including phenoxy) is 1. The maximum atomic E-state index is 12.5. The second kappa shape index (κ2) is 8.76. The highest BCUT2D eigenvalue weighted by Gasteiger charge is 2.22. The van der Waals surface area contributed by atoms with Crippen molar-refractivity contribution in [1.29, 1.82) is 0 Å². The number of carbonyl (C=O) groups excluding carboxylic acids is 1. The lowest BCUT2D eigenvalue weighted by atomic mass is 10.3. The van der Waals surface area contributed by atoms with E-state index in [0.717, 1.165) is 10.4 Å². The Bertz CT molecular complexity index is 1030. The quantitative estimate of drug-likeness (QED) is 0.585. The Morgan fingerprint density at radius 1 is 1.11 bits per heavy atom. The molecule has 3 rings (SSSR count). The van der Waals surface area contributed by atoms with E-state index in [1.54, 1.807) is 53.1 Å². The molecule has 2 aromatic heterocycles. The first-order valence-electron chi connectivity index (χ1n) is 8.43. The van der Waals surface area contributed by atoms with Crippen molar-refractivity contribution >= 4 is 44.3 Å². The molecular weight excluding hydrogens is 416 g/mol. The molecule has 2 heterocycles. The Kier molecular flexibility index (Phi) is 6.38. The minimum Gasteiger partial charge on any atom is -0.484 e.